The Bertz CT molecular complexity index is 702. The first-order valence-electron chi connectivity index (χ1n) is 6.88. The molecular weight excluding hydrogens is 329 g/mol. The standard InChI is InChI=1S/C15H15F3N2O2S/c1-2-21-12-11(8-10-6-4-3-5-7-10)13(20-14(23)19-12)22-9-15(16,17)18/h3-7H,2,8-9H2,1H3,(H,19,20,23). The molecule has 0 radical (unpaired) electrons. The minimum atomic E-state index is -4.46. The molecule has 4 nitrogen and oxygen atoms in total. The monoisotopic (exact) mass is 344 g/mol. The van der Waals surface area contributed by atoms with Gasteiger partial charge in [0.05, 0.1) is 12.2 Å². The lowest BCUT2D eigenvalue weighted by Gasteiger charge is -2.15. The van der Waals surface area contributed by atoms with Crippen molar-refractivity contribution in [2.24, 2.45) is 0 Å². The van der Waals surface area contributed by atoms with Crippen molar-refractivity contribution in [2.45, 2.75) is 19.5 Å². The van der Waals surface area contributed by atoms with Crippen LogP contribution in [0, 0.1) is 4.77 Å². The summed E-state index contributed by atoms with van der Waals surface area (Å²) in [6.45, 7) is 0.655. The highest BCUT2D eigenvalue weighted by Gasteiger charge is 2.29. The summed E-state index contributed by atoms with van der Waals surface area (Å²) in [4.78, 5) is 6.63. The number of H-pyrrole nitrogens is 1. The first kappa shape index (κ1) is 17.3. The summed E-state index contributed by atoms with van der Waals surface area (Å²) in [6.07, 6.45) is -4.15. The fourth-order valence-corrected chi connectivity index (χ4v) is 2.13. The highest BCUT2D eigenvalue weighted by Crippen LogP contribution is 2.29. The van der Waals surface area contributed by atoms with Crippen molar-refractivity contribution >= 4 is 12.2 Å². The molecule has 0 aliphatic carbocycles. The van der Waals surface area contributed by atoms with Crippen LogP contribution >= 0.6 is 12.2 Å². The van der Waals surface area contributed by atoms with E-state index in [1.54, 1.807) is 6.92 Å². The fraction of sp³-hybridized carbons (Fsp3) is 0.333. The smallest absolute Gasteiger partial charge is 0.422 e. The second-order valence-electron chi connectivity index (χ2n) is 4.65. The van der Waals surface area contributed by atoms with Gasteiger partial charge in [0.2, 0.25) is 16.5 Å². The Hall–Kier alpha value is -2.09. The number of nitrogens with zero attached hydrogens (tertiary/aromatic N) is 1. The SMILES string of the molecule is CCOc1[nH]c(=S)nc(OCC(F)(F)F)c1Cc1ccccc1. The van der Waals surface area contributed by atoms with Crippen LogP contribution in [0.25, 0.3) is 0 Å². The first-order chi connectivity index (χ1) is 10.9. The summed E-state index contributed by atoms with van der Waals surface area (Å²) in [5.41, 5.74) is 1.29. The van der Waals surface area contributed by atoms with Gasteiger partial charge in [0.1, 0.15) is 0 Å². The quantitative estimate of drug-likeness (QED) is 0.803. The van der Waals surface area contributed by atoms with E-state index in [0.717, 1.165) is 5.56 Å². The summed E-state index contributed by atoms with van der Waals surface area (Å²) >= 11 is 4.93. The number of hydrogen-bond donors (Lipinski definition) is 1. The second kappa shape index (κ2) is 7.45. The van der Waals surface area contributed by atoms with E-state index in [4.69, 9.17) is 21.7 Å². The molecule has 2 aromatic rings. The molecule has 0 unspecified atom stereocenters. The Labute approximate surface area is 136 Å². The topological polar surface area (TPSA) is 47.1 Å². The number of nitrogens with one attached hydrogen (secondary N) is 1. The molecule has 0 aliphatic rings. The molecule has 0 aliphatic heterocycles. The van der Waals surface area contributed by atoms with Gasteiger partial charge in [-0.2, -0.15) is 18.2 Å². The van der Waals surface area contributed by atoms with Crippen LogP contribution in [0.4, 0.5) is 13.2 Å². The lowest BCUT2D eigenvalue weighted by Crippen LogP contribution is -2.20. The van der Waals surface area contributed by atoms with Gasteiger partial charge >= 0.3 is 6.18 Å². The maximum atomic E-state index is 12.4. The Kier molecular flexibility index (Phi) is 5.59. The summed E-state index contributed by atoms with van der Waals surface area (Å²) in [7, 11) is 0. The molecule has 0 bridgehead atoms. The van der Waals surface area contributed by atoms with Crippen LogP contribution in [0.2, 0.25) is 0 Å². The number of alkyl halides is 3. The van der Waals surface area contributed by atoms with Crippen molar-refractivity contribution in [2.75, 3.05) is 13.2 Å². The fourth-order valence-electron chi connectivity index (χ4n) is 1.95. The zero-order chi connectivity index (χ0) is 16.9. The summed E-state index contributed by atoms with van der Waals surface area (Å²) in [6, 6.07) is 9.23. The zero-order valence-corrected chi connectivity index (χ0v) is 13.1. The predicted octanol–water partition coefficient (Wildman–Crippen LogP) is 4.07. The maximum absolute atomic E-state index is 12.4. The van der Waals surface area contributed by atoms with Gasteiger partial charge in [-0.05, 0) is 24.7 Å². The zero-order valence-electron chi connectivity index (χ0n) is 12.3. The number of ether oxygens (including phenoxy) is 2. The Morgan fingerprint density at radius 2 is 1.87 bits per heavy atom. The average Bonchev–Trinajstić information content (AvgIpc) is 2.48. The van der Waals surface area contributed by atoms with Crippen molar-refractivity contribution in [1.29, 1.82) is 0 Å². The van der Waals surface area contributed by atoms with Crippen molar-refractivity contribution in [3.05, 3.63) is 46.2 Å². The molecule has 1 aromatic carbocycles. The van der Waals surface area contributed by atoms with E-state index in [0.29, 0.717) is 18.6 Å². The van der Waals surface area contributed by atoms with Gasteiger partial charge in [-0.25, -0.2) is 0 Å². The summed E-state index contributed by atoms with van der Waals surface area (Å²) < 4.78 is 47.6. The molecule has 1 aromatic heterocycles. The van der Waals surface area contributed by atoms with Crippen molar-refractivity contribution in [3.8, 4) is 11.8 Å². The van der Waals surface area contributed by atoms with Crippen LogP contribution in [0.15, 0.2) is 30.3 Å². The molecule has 0 spiro atoms. The summed E-state index contributed by atoms with van der Waals surface area (Å²) in [5, 5.41) is 0. The van der Waals surface area contributed by atoms with Crippen LogP contribution in [0.3, 0.4) is 0 Å². The van der Waals surface area contributed by atoms with Gasteiger partial charge in [0, 0.05) is 6.42 Å². The minimum Gasteiger partial charge on any atom is -0.479 e. The third-order valence-corrected chi connectivity index (χ3v) is 3.03. The predicted molar refractivity (Wildman–Crippen MR) is 81.4 cm³/mol. The van der Waals surface area contributed by atoms with Gasteiger partial charge in [-0.1, -0.05) is 30.3 Å². The molecule has 0 saturated heterocycles. The van der Waals surface area contributed by atoms with Crippen LogP contribution in [0.1, 0.15) is 18.1 Å². The Morgan fingerprint density at radius 3 is 2.48 bits per heavy atom. The highest BCUT2D eigenvalue weighted by molar-refractivity contribution is 7.71. The molecule has 1 heterocycles. The van der Waals surface area contributed by atoms with E-state index in [-0.39, 0.29) is 16.5 Å². The number of hydrogen-bond acceptors (Lipinski definition) is 4. The van der Waals surface area contributed by atoms with Gasteiger partial charge in [0.25, 0.3) is 0 Å². The first-order valence-corrected chi connectivity index (χ1v) is 7.29. The van der Waals surface area contributed by atoms with E-state index >= 15 is 0 Å². The lowest BCUT2D eigenvalue weighted by atomic mass is 10.1. The van der Waals surface area contributed by atoms with E-state index in [9.17, 15) is 13.2 Å². The van der Waals surface area contributed by atoms with Gasteiger partial charge in [0.15, 0.2) is 6.61 Å². The van der Waals surface area contributed by atoms with Crippen LogP contribution in [-0.4, -0.2) is 29.4 Å². The molecule has 1 N–H and O–H groups in total. The Balaban J connectivity index is 2.39. The van der Waals surface area contributed by atoms with Crippen LogP contribution in [-0.2, 0) is 6.42 Å². The number of rotatable bonds is 6. The number of aromatic nitrogens is 2. The van der Waals surface area contributed by atoms with E-state index < -0.39 is 12.8 Å². The molecular formula is C15H15F3N2O2S. The number of benzene rings is 1. The van der Waals surface area contributed by atoms with Gasteiger partial charge in [-0.15, -0.1) is 0 Å². The van der Waals surface area contributed by atoms with Gasteiger partial charge < -0.3 is 14.5 Å². The Morgan fingerprint density at radius 1 is 1.17 bits per heavy atom. The highest BCUT2D eigenvalue weighted by atomic mass is 32.1. The van der Waals surface area contributed by atoms with Crippen LogP contribution in [0.5, 0.6) is 11.8 Å². The molecule has 0 saturated carbocycles. The molecule has 0 amide bonds. The largest absolute Gasteiger partial charge is 0.479 e. The minimum absolute atomic E-state index is 0.00226. The normalized spacial score (nSPS) is 11.3. The average molecular weight is 344 g/mol. The van der Waals surface area contributed by atoms with Crippen LogP contribution < -0.4 is 9.47 Å². The third-order valence-electron chi connectivity index (χ3n) is 2.84. The molecule has 0 atom stereocenters. The second-order valence-corrected chi connectivity index (χ2v) is 5.04. The van der Waals surface area contributed by atoms with Crippen molar-refractivity contribution in [1.82, 2.24) is 9.97 Å². The molecule has 124 valence electrons. The molecule has 8 heteroatoms. The molecule has 2 rings (SSSR count). The van der Waals surface area contributed by atoms with E-state index in [1.807, 2.05) is 30.3 Å². The number of aromatic amines is 1. The number of halogens is 3. The molecule has 23 heavy (non-hydrogen) atoms. The molecule has 0 fully saturated rings. The maximum Gasteiger partial charge on any atom is 0.422 e. The van der Waals surface area contributed by atoms with Gasteiger partial charge in [-0.3, -0.25) is 0 Å². The van der Waals surface area contributed by atoms with Crippen molar-refractivity contribution in [3.63, 3.8) is 0 Å². The third kappa shape index (κ3) is 5.24. The summed E-state index contributed by atoms with van der Waals surface area (Å²) in [5.74, 6) is 0.104. The van der Waals surface area contributed by atoms with Crippen molar-refractivity contribution < 1.29 is 22.6 Å². The van der Waals surface area contributed by atoms with E-state index in [2.05, 4.69) is 9.97 Å². The van der Waals surface area contributed by atoms with E-state index in [1.165, 1.54) is 0 Å². The lowest BCUT2D eigenvalue weighted by molar-refractivity contribution is -0.154.